The number of hydrogen-bond acceptors (Lipinski definition) is 5. The van der Waals surface area contributed by atoms with Gasteiger partial charge in [0.1, 0.15) is 5.75 Å². The minimum Gasteiger partial charge on any atom is -0.495 e. The molecule has 1 radical (unpaired) electrons. The standard InChI is InChI=1S/C17H15ClN5O/c1-24-15-5-3-2-4-14(15)21-17-19-9-13(18)16(22-17)11-8-20-23(10-11)12-6-7-12/h2,4-5,8-10,12H,6-7H2,1H3,(H,19,21,22). The molecule has 6 nitrogen and oxygen atoms in total. The highest BCUT2D eigenvalue weighted by atomic mass is 35.5. The summed E-state index contributed by atoms with van der Waals surface area (Å²) >= 11 is 6.28. The molecule has 2 heterocycles. The molecule has 0 atom stereocenters. The second-order valence-corrected chi connectivity index (χ2v) is 5.99. The summed E-state index contributed by atoms with van der Waals surface area (Å²) in [5.74, 6) is 1.11. The third-order valence-electron chi connectivity index (χ3n) is 3.83. The molecule has 0 aliphatic heterocycles. The maximum absolute atomic E-state index is 6.28. The summed E-state index contributed by atoms with van der Waals surface area (Å²) < 4.78 is 7.27. The number of ether oxygens (including phenoxy) is 1. The number of benzene rings is 1. The fourth-order valence-electron chi connectivity index (χ4n) is 2.44. The van der Waals surface area contributed by atoms with Crippen molar-refractivity contribution in [1.29, 1.82) is 0 Å². The average molecular weight is 341 g/mol. The van der Waals surface area contributed by atoms with Gasteiger partial charge in [-0.3, -0.25) is 4.68 Å². The zero-order chi connectivity index (χ0) is 16.5. The predicted octanol–water partition coefficient (Wildman–Crippen LogP) is 3.88. The van der Waals surface area contributed by atoms with Crippen LogP contribution in [0, 0.1) is 6.07 Å². The number of methoxy groups -OCH3 is 1. The highest BCUT2D eigenvalue weighted by molar-refractivity contribution is 6.32. The van der Waals surface area contributed by atoms with Crippen LogP contribution in [0.15, 0.2) is 36.8 Å². The smallest absolute Gasteiger partial charge is 0.227 e. The molecule has 7 heteroatoms. The Kier molecular flexibility index (Phi) is 3.82. The Balaban J connectivity index is 1.65. The van der Waals surface area contributed by atoms with Crippen molar-refractivity contribution >= 4 is 23.2 Å². The minimum absolute atomic E-state index is 0.443. The van der Waals surface area contributed by atoms with Gasteiger partial charge in [0.2, 0.25) is 5.95 Å². The van der Waals surface area contributed by atoms with Crippen molar-refractivity contribution in [2.75, 3.05) is 12.4 Å². The lowest BCUT2D eigenvalue weighted by molar-refractivity contribution is 0.416. The lowest BCUT2D eigenvalue weighted by Gasteiger charge is -2.10. The third-order valence-corrected chi connectivity index (χ3v) is 4.11. The van der Waals surface area contributed by atoms with E-state index in [0.717, 1.165) is 11.3 Å². The van der Waals surface area contributed by atoms with Crippen LogP contribution in [-0.4, -0.2) is 26.9 Å². The fourth-order valence-corrected chi connectivity index (χ4v) is 2.64. The molecule has 0 spiro atoms. The van der Waals surface area contributed by atoms with Gasteiger partial charge in [0.05, 0.1) is 41.9 Å². The summed E-state index contributed by atoms with van der Waals surface area (Å²) in [5, 5.41) is 8.03. The van der Waals surface area contributed by atoms with E-state index < -0.39 is 0 Å². The van der Waals surface area contributed by atoms with Gasteiger partial charge in [-0.1, -0.05) is 17.7 Å². The molecule has 4 rings (SSSR count). The molecule has 3 aromatic rings. The van der Waals surface area contributed by atoms with Gasteiger partial charge in [-0.2, -0.15) is 5.10 Å². The number of aromatic nitrogens is 4. The quantitative estimate of drug-likeness (QED) is 0.763. The van der Waals surface area contributed by atoms with Crippen LogP contribution < -0.4 is 10.1 Å². The van der Waals surface area contributed by atoms with Crippen LogP contribution >= 0.6 is 11.6 Å². The van der Waals surface area contributed by atoms with Crippen LogP contribution in [0.3, 0.4) is 0 Å². The number of nitrogens with zero attached hydrogens (tertiary/aromatic N) is 4. The molecule has 1 N–H and O–H groups in total. The molecule has 0 unspecified atom stereocenters. The summed E-state index contributed by atoms with van der Waals surface area (Å²) in [6, 6.07) is 8.87. The van der Waals surface area contributed by atoms with Crippen LogP contribution in [0.25, 0.3) is 11.3 Å². The van der Waals surface area contributed by atoms with Crippen molar-refractivity contribution in [3.8, 4) is 17.0 Å². The van der Waals surface area contributed by atoms with Crippen molar-refractivity contribution < 1.29 is 4.74 Å². The molecule has 1 aliphatic rings. The Labute approximate surface area is 144 Å². The Morgan fingerprint density at radius 3 is 3.04 bits per heavy atom. The Hall–Kier alpha value is -2.60. The highest BCUT2D eigenvalue weighted by Crippen LogP contribution is 2.36. The summed E-state index contributed by atoms with van der Waals surface area (Å²) in [4.78, 5) is 8.78. The SMILES string of the molecule is COc1c[c]ccc1Nc1ncc(Cl)c(-c2cnn(C3CC3)c2)n1. The number of halogens is 1. The van der Waals surface area contributed by atoms with Crippen molar-refractivity contribution in [3.63, 3.8) is 0 Å². The van der Waals surface area contributed by atoms with Gasteiger partial charge < -0.3 is 10.1 Å². The maximum atomic E-state index is 6.28. The van der Waals surface area contributed by atoms with E-state index in [1.165, 1.54) is 12.8 Å². The summed E-state index contributed by atoms with van der Waals surface area (Å²) in [6.07, 6.45) is 7.71. The summed E-state index contributed by atoms with van der Waals surface area (Å²) in [6.45, 7) is 0. The average Bonchev–Trinajstić information content (AvgIpc) is 3.34. The zero-order valence-electron chi connectivity index (χ0n) is 13.0. The second-order valence-electron chi connectivity index (χ2n) is 5.58. The third kappa shape index (κ3) is 2.92. The summed E-state index contributed by atoms with van der Waals surface area (Å²) in [5.41, 5.74) is 2.30. The number of rotatable bonds is 5. The molecule has 121 valence electrons. The lowest BCUT2D eigenvalue weighted by atomic mass is 10.2. The molecular formula is C17H15ClN5O. The molecule has 0 amide bonds. The molecule has 1 aliphatic carbocycles. The molecule has 24 heavy (non-hydrogen) atoms. The molecule has 1 aromatic carbocycles. The first-order valence-corrected chi connectivity index (χ1v) is 8.00. The topological polar surface area (TPSA) is 64.9 Å². The fraction of sp³-hybridized carbons (Fsp3) is 0.235. The largest absolute Gasteiger partial charge is 0.495 e. The lowest BCUT2D eigenvalue weighted by Crippen LogP contribution is -2.00. The predicted molar refractivity (Wildman–Crippen MR) is 91.6 cm³/mol. The van der Waals surface area contributed by atoms with E-state index in [1.54, 1.807) is 31.6 Å². The monoisotopic (exact) mass is 340 g/mol. The number of hydrogen-bond donors (Lipinski definition) is 1. The van der Waals surface area contributed by atoms with E-state index in [4.69, 9.17) is 16.3 Å². The summed E-state index contributed by atoms with van der Waals surface area (Å²) in [7, 11) is 1.61. The Morgan fingerprint density at radius 1 is 1.38 bits per heavy atom. The van der Waals surface area contributed by atoms with E-state index in [2.05, 4.69) is 26.4 Å². The van der Waals surface area contributed by atoms with Gasteiger partial charge in [-0.05, 0) is 31.0 Å². The van der Waals surface area contributed by atoms with Crippen LogP contribution in [0.2, 0.25) is 5.02 Å². The molecule has 1 saturated carbocycles. The number of nitrogens with one attached hydrogen (secondary N) is 1. The molecule has 2 aromatic heterocycles. The minimum atomic E-state index is 0.443. The van der Waals surface area contributed by atoms with Crippen molar-refractivity contribution in [1.82, 2.24) is 19.7 Å². The zero-order valence-corrected chi connectivity index (χ0v) is 13.8. The first kappa shape index (κ1) is 15.0. The van der Waals surface area contributed by atoms with Gasteiger partial charge in [0, 0.05) is 11.8 Å². The van der Waals surface area contributed by atoms with Crippen LogP contribution in [-0.2, 0) is 0 Å². The molecule has 0 saturated heterocycles. The van der Waals surface area contributed by atoms with E-state index in [1.807, 2.05) is 16.9 Å². The van der Waals surface area contributed by atoms with Gasteiger partial charge in [-0.25, -0.2) is 9.97 Å². The normalized spacial score (nSPS) is 13.8. The molecule has 1 fully saturated rings. The van der Waals surface area contributed by atoms with Crippen molar-refractivity contribution in [3.05, 3.63) is 47.9 Å². The van der Waals surface area contributed by atoms with Crippen LogP contribution in [0.4, 0.5) is 11.6 Å². The Bertz CT molecular complexity index is 875. The van der Waals surface area contributed by atoms with Gasteiger partial charge in [0.15, 0.2) is 0 Å². The van der Waals surface area contributed by atoms with Crippen molar-refractivity contribution in [2.45, 2.75) is 18.9 Å². The van der Waals surface area contributed by atoms with Crippen molar-refractivity contribution in [2.24, 2.45) is 0 Å². The molecular weight excluding hydrogens is 326 g/mol. The maximum Gasteiger partial charge on any atom is 0.227 e. The first-order valence-electron chi connectivity index (χ1n) is 7.63. The van der Waals surface area contributed by atoms with Gasteiger partial charge in [0.25, 0.3) is 0 Å². The van der Waals surface area contributed by atoms with Crippen LogP contribution in [0.5, 0.6) is 5.75 Å². The van der Waals surface area contributed by atoms with E-state index >= 15 is 0 Å². The van der Waals surface area contributed by atoms with E-state index in [0.29, 0.717) is 28.5 Å². The van der Waals surface area contributed by atoms with Gasteiger partial charge in [-0.15, -0.1) is 0 Å². The Morgan fingerprint density at radius 2 is 2.25 bits per heavy atom. The highest BCUT2D eigenvalue weighted by Gasteiger charge is 2.24. The van der Waals surface area contributed by atoms with E-state index in [9.17, 15) is 0 Å². The number of anilines is 2. The van der Waals surface area contributed by atoms with E-state index in [-0.39, 0.29) is 0 Å². The van der Waals surface area contributed by atoms with Gasteiger partial charge >= 0.3 is 0 Å². The molecule has 0 bridgehead atoms. The second kappa shape index (κ2) is 6.13. The first-order chi connectivity index (χ1) is 11.7. The van der Waals surface area contributed by atoms with Crippen LogP contribution in [0.1, 0.15) is 18.9 Å².